The molecule has 0 bridgehead atoms. The minimum Gasteiger partial charge on any atom is -0.460 e. The molecule has 2 aliphatic rings. The molecule has 6 heteroatoms. The van der Waals surface area contributed by atoms with Gasteiger partial charge in [0, 0.05) is 24.4 Å². The number of nitrogens with zero attached hydrogens (tertiary/aromatic N) is 1. The summed E-state index contributed by atoms with van der Waals surface area (Å²) >= 11 is 0. The molecule has 138 valence electrons. The van der Waals surface area contributed by atoms with Crippen LogP contribution in [0.5, 0.6) is 0 Å². The molecule has 1 aliphatic heterocycles. The van der Waals surface area contributed by atoms with Gasteiger partial charge in [-0.25, -0.2) is 9.18 Å². The topological polar surface area (TPSA) is 55.8 Å². The molecule has 0 amide bonds. The van der Waals surface area contributed by atoms with Gasteiger partial charge in [-0.15, -0.1) is 0 Å². The maximum Gasteiger partial charge on any atom is 0.379 e. The summed E-state index contributed by atoms with van der Waals surface area (Å²) < 4.78 is 23.4. The van der Waals surface area contributed by atoms with Crippen LogP contribution in [0.3, 0.4) is 0 Å². The number of morpholine rings is 1. The quantitative estimate of drug-likeness (QED) is 0.598. The highest BCUT2D eigenvalue weighted by Gasteiger charge is 2.33. The molecule has 3 rings (SSSR count). The van der Waals surface area contributed by atoms with Gasteiger partial charge in [0.25, 0.3) is 5.78 Å². The fourth-order valence-corrected chi connectivity index (χ4v) is 3.31. The summed E-state index contributed by atoms with van der Waals surface area (Å²) in [6.45, 7) is 4.33. The van der Waals surface area contributed by atoms with Crippen molar-refractivity contribution < 1.29 is 23.5 Å². The number of ether oxygens (including phenoxy) is 2. The van der Waals surface area contributed by atoms with E-state index in [0.717, 1.165) is 16.8 Å². The largest absolute Gasteiger partial charge is 0.460 e. The molecule has 0 saturated carbocycles. The lowest BCUT2D eigenvalue weighted by atomic mass is 10.1. The minimum absolute atomic E-state index is 0.170. The summed E-state index contributed by atoms with van der Waals surface area (Å²) in [5.74, 6) is -1.67. The Morgan fingerprint density at radius 1 is 1.19 bits per heavy atom. The number of halogens is 1. The summed E-state index contributed by atoms with van der Waals surface area (Å²) in [6.07, 6.45) is 3.11. The fraction of sp³-hybridized carbons (Fsp3) is 0.400. The molecule has 1 saturated heterocycles. The van der Waals surface area contributed by atoms with E-state index in [2.05, 4.69) is 4.90 Å². The molecule has 0 atom stereocenters. The van der Waals surface area contributed by atoms with Crippen molar-refractivity contribution >= 4 is 17.8 Å². The Hall–Kier alpha value is -2.47. The van der Waals surface area contributed by atoms with Crippen LogP contribution in [0.25, 0.3) is 6.08 Å². The molecule has 0 unspecified atom stereocenters. The lowest BCUT2D eigenvalue weighted by Gasteiger charge is -2.31. The van der Waals surface area contributed by atoms with E-state index in [-0.39, 0.29) is 12.4 Å². The molecule has 1 fully saturated rings. The summed E-state index contributed by atoms with van der Waals surface area (Å²) in [5, 5.41) is 0. The lowest BCUT2D eigenvalue weighted by molar-refractivity contribution is -0.151. The van der Waals surface area contributed by atoms with Gasteiger partial charge in [0.2, 0.25) is 0 Å². The van der Waals surface area contributed by atoms with E-state index in [4.69, 9.17) is 9.47 Å². The Labute approximate surface area is 152 Å². The Kier molecular flexibility index (Phi) is 5.83. The van der Waals surface area contributed by atoms with Gasteiger partial charge in [-0.1, -0.05) is 12.1 Å². The molecule has 0 N–H and O–H groups in total. The van der Waals surface area contributed by atoms with E-state index < -0.39 is 11.8 Å². The maximum atomic E-state index is 13.1. The number of ketones is 1. The van der Waals surface area contributed by atoms with Crippen LogP contribution in [0.15, 0.2) is 41.1 Å². The molecule has 1 heterocycles. The van der Waals surface area contributed by atoms with Crippen LogP contribution in [-0.2, 0) is 19.1 Å². The smallest absolute Gasteiger partial charge is 0.379 e. The zero-order chi connectivity index (χ0) is 18.5. The van der Waals surface area contributed by atoms with E-state index in [9.17, 15) is 14.0 Å². The summed E-state index contributed by atoms with van der Waals surface area (Å²) in [5.41, 5.74) is 3.14. The predicted octanol–water partition coefficient (Wildman–Crippen LogP) is 2.72. The molecule has 0 radical (unpaired) electrons. The Morgan fingerprint density at radius 2 is 1.88 bits per heavy atom. The van der Waals surface area contributed by atoms with Crippen molar-refractivity contribution in [3.63, 3.8) is 0 Å². The van der Waals surface area contributed by atoms with E-state index >= 15 is 0 Å². The third-order valence-electron chi connectivity index (χ3n) is 4.51. The van der Waals surface area contributed by atoms with Gasteiger partial charge in [-0.05, 0) is 49.1 Å². The average Bonchev–Trinajstić information content (AvgIpc) is 3.07. The van der Waals surface area contributed by atoms with Gasteiger partial charge in [-0.3, -0.25) is 4.79 Å². The third kappa shape index (κ3) is 4.02. The van der Waals surface area contributed by atoms with Gasteiger partial charge < -0.3 is 14.4 Å². The number of carbonyl (C=O) groups is 2. The number of carbonyl (C=O) groups excluding carboxylic acids is 2. The number of benzene rings is 1. The van der Waals surface area contributed by atoms with E-state index in [1.807, 2.05) is 6.08 Å². The maximum absolute atomic E-state index is 13.1. The number of hydrogen-bond donors (Lipinski definition) is 0. The highest BCUT2D eigenvalue weighted by atomic mass is 19.1. The van der Waals surface area contributed by atoms with Gasteiger partial charge >= 0.3 is 5.97 Å². The number of esters is 1. The minimum atomic E-state index is -0.809. The van der Waals surface area contributed by atoms with Crippen molar-refractivity contribution in [1.29, 1.82) is 0 Å². The van der Waals surface area contributed by atoms with Gasteiger partial charge in [0.1, 0.15) is 5.82 Å². The molecule has 26 heavy (non-hydrogen) atoms. The molecular weight excluding hydrogens is 337 g/mol. The van der Waals surface area contributed by atoms with Crippen LogP contribution in [0.2, 0.25) is 0 Å². The Bertz CT molecular complexity index is 746. The van der Waals surface area contributed by atoms with Crippen LogP contribution in [-0.4, -0.2) is 49.6 Å². The van der Waals surface area contributed by atoms with Crippen LogP contribution in [0.4, 0.5) is 4.39 Å². The van der Waals surface area contributed by atoms with Crippen LogP contribution in [0.1, 0.15) is 25.3 Å². The molecule has 1 aliphatic carbocycles. The van der Waals surface area contributed by atoms with E-state index in [0.29, 0.717) is 44.7 Å². The van der Waals surface area contributed by atoms with Crippen molar-refractivity contribution in [1.82, 2.24) is 4.90 Å². The lowest BCUT2D eigenvalue weighted by Crippen LogP contribution is -2.37. The highest BCUT2D eigenvalue weighted by Crippen LogP contribution is 2.36. The molecular formula is C20H22FNO4. The van der Waals surface area contributed by atoms with Gasteiger partial charge in [-0.2, -0.15) is 0 Å². The first-order valence-electron chi connectivity index (χ1n) is 8.84. The second-order valence-electron chi connectivity index (χ2n) is 6.20. The Balaban J connectivity index is 1.97. The predicted molar refractivity (Wildman–Crippen MR) is 94.7 cm³/mol. The monoisotopic (exact) mass is 359 g/mol. The first-order valence-corrected chi connectivity index (χ1v) is 8.84. The average molecular weight is 359 g/mol. The molecule has 1 aromatic carbocycles. The summed E-state index contributed by atoms with van der Waals surface area (Å²) in [7, 11) is 0. The first-order chi connectivity index (χ1) is 12.6. The molecule has 0 aromatic heterocycles. The van der Waals surface area contributed by atoms with E-state index in [1.165, 1.54) is 12.1 Å². The zero-order valence-corrected chi connectivity index (χ0v) is 14.8. The van der Waals surface area contributed by atoms with Crippen LogP contribution in [0, 0.1) is 5.82 Å². The standard InChI is InChI=1S/C20H22FNO4/c1-2-26-20(24)19(23)17-8-5-15(13-14-3-6-16(21)7-4-14)18(17)22-9-11-25-12-10-22/h3-4,6-7,13H,2,5,8-12H2,1H3/b15-13+. The first kappa shape index (κ1) is 18.3. The third-order valence-corrected chi connectivity index (χ3v) is 4.51. The van der Waals surface area contributed by atoms with Crippen molar-refractivity contribution in [2.45, 2.75) is 19.8 Å². The number of rotatable bonds is 5. The van der Waals surface area contributed by atoms with Crippen molar-refractivity contribution in [3.8, 4) is 0 Å². The normalized spacial score (nSPS) is 19.2. The van der Waals surface area contributed by atoms with Crippen molar-refractivity contribution in [3.05, 3.63) is 52.5 Å². The summed E-state index contributed by atoms with van der Waals surface area (Å²) in [4.78, 5) is 26.6. The number of hydrogen-bond acceptors (Lipinski definition) is 5. The van der Waals surface area contributed by atoms with Crippen molar-refractivity contribution in [2.75, 3.05) is 32.9 Å². The Morgan fingerprint density at radius 3 is 2.54 bits per heavy atom. The van der Waals surface area contributed by atoms with Crippen LogP contribution < -0.4 is 0 Å². The summed E-state index contributed by atoms with van der Waals surface area (Å²) in [6, 6.07) is 6.21. The van der Waals surface area contributed by atoms with Gasteiger partial charge in [0.05, 0.1) is 19.8 Å². The number of Topliss-reactive ketones (excluding diaryl/α,β-unsaturated/α-hetero) is 1. The second-order valence-corrected chi connectivity index (χ2v) is 6.20. The molecule has 5 nitrogen and oxygen atoms in total. The van der Waals surface area contributed by atoms with Crippen LogP contribution >= 0.6 is 0 Å². The highest BCUT2D eigenvalue weighted by molar-refractivity contribution is 6.40. The SMILES string of the molecule is CCOC(=O)C(=O)C1=C(N2CCOCC2)/C(=C/c2ccc(F)cc2)CC1. The molecule has 0 spiro atoms. The fourth-order valence-electron chi connectivity index (χ4n) is 3.31. The number of allylic oxidation sites excluding steroid dienone is 1. The van der Waals surface area contributed by atoms with Crippen molar-refractivity contribution in [2.24, 2.45) is 0 Å². The zero-order valence-electron chi connectivity index (χ0n) is 14.8. The second kappa shape index (κ2) is 8.27. The molecule has 1 aromatic rings. The van der Waals surface area contributed by atoms with Gasteiger partial charge in [0.15, 0.2) is 0 Å². The van der Waals surface area contributed by atoms with E-state index in [1.54, 1.807) is 19.1 Å².